The maximum Gasteiger partial charge on any atom is 0.343 e. The highest BCUT2D eigenvalue weighted by molar-refractivity contribution is 5.71. The molecule has 0 radical (unpaired) electrons. The second-order valence-electron chi connectivity index (χ2n) is 7.84. The van der Waals surface area contributed by atoms with Gasteiger partial charge in [-0.1, -0.05) is 42.5 Å². The van der Waals surface area contributed by atoms with Crippen LogP contribution in [0.1, 0.15) is 35.1 Å². The molecule has 1 fully saturated rings. The van der Waals surface area contributed by atoms with Crippen LogP contribution in [0.4, 0.5) is 0 Å². The van der Waals surface area contributed by atoms with Gasteiger partial charge in [-0.15, -0.1) is 0 Å². The zero-order valence-electron chi connectivity index (χ0n) is 17.7. The van der Waals surface area contributed by atoms with Crippen LogP contribution in [0.15, 0.2) is 42.5 Å². The molecule has 0 amide bonds. The smallest absolute Gasteiger partial charge is 0.343 e. The average molecular weight is 397 g/mol. The molecule has 0 unspecified atom stereocenters. The number of carbonyl (C=O) groups excluding carboxylic acids is 1. The second-order valence-corrected chi connectivity index (χ2v) is 7.84. The molecule has 29 heavy (non-hydrogen) atoms. The fraction of sp³-hybridized carbons (Fsp3) is 0.458. The molecule has 1 heterocycles. The summed E-state index contributed by atoms with van der Waals surface area (Å²) in [5.74, 6) is 0.404. The van der Waals surface area contributed by atoms with E-state index in [2.05, 4.69) is 57.4 Å². The van der Waals surface area contributed by atoms with Gasteiger partial charge in [-0.25, -0.2) is 4.79 Å². The van der Waals surface area contributed by atoms with E-state index in [0.29, 0.717) is 6.04 Å². The normalized spacial score (nSPS) is 15.3. The molecule has 0 aromatic heterocycles. The van der Waals surface area contributed by atoms with E-state index < -0.39 is 0 Å². The third kappa shape index (κ3) is 6.31. The van der Waals surface area contributed by atoms with Crippen LogP contribution < -0.4 is 10.1 Å². The predicted molar refractivity (Wildman–Crippen MR) is 115 cm³/mol. The van der Waals surface area contributed by atoms with Crippen molar-refractivity contribution < 1.29 is 14.3 Å². The molecule has 156 valence electrons. The van der Waals surface area contributed by atoms with Gasteiger partial charge >= 0.3 is 5.97 Å². The van der Waals surface area contributed by atoms with Gasteiger partial charge in [0.2, 0.25) is 0 Å². The first kappa shape index (κ1) is 21.3. The summed E-state index contributed by atoms with van der Waals surface area (Å²) in [6, 6.07) is 15.5. The number of hydrogen-bond acceptors (Lipinski definition) is 5. The third-order valence-electron chi connectivity index (χ3n) is 5.51. The maximum atomic E-state index is 11.3. The Bertz CT molecular complexity index is 776. The lowest BCUT2D eigenvalue weighted by molar-refractivity contribution is -0.142. The van der Waals surface area contributed by atoms with Gasteiger partial charge in [-0.2, -0.15) is 0 Å². The second kappa shape index (κ2) is 10.4. The fourth-order valence-corrected chi connectivity index (χ4v) is 3.96. The number of benzene rings is 2. The molecule has 1 aliphatic rings. The van der Waals surface area contributed by atoms with E-state index in [0.717, 1.165) is 43.1 Å². The lowest BCUT2D eigenvalue weighted by Crippen LogP contribution is -2.41. The summed E-state index contributed by atoms with van der Waals surface area (Å²) < 4.78 is 10.3. The van der Waals surface area contributed by atoms with E-state index in [1.165, 1.54) is 31.1 Å². The number of esters is 1. The molecule has 2 aromatic rings. The van der Waals surface area contributed by atoms with E-state index in [-0.39, 0.29) is 12.6 Å². The quantitative estimate of drug-likeness (QED) is 0.691. The van der Waals surface area contributed by atoms with Crippen LogP contribution in [0, 0.1) is 13.8 Å². The molecule has 0 atom stereocenters. The van der Waals surface area contributed by atoms with Crippen molar-refractivity contribution in [1.29, 1.82) is 0 Å². The zero-order valence-corrected chi connectivity index (χ0v) is 17.7. The number of piperidine rings is 1. The minimum absolute atomic E-state index is 0.0582. The first-order valence-corrected chi connectivity index (χ1v) is 10.3. The highest BCUT2D eigenvalue weighted by atomic mass is 16.6. The number of aryl methyl sites for hydroxylation is 2. The molecule has 0 aliphatic carbocycles. The molecule has 0 bridgehead atoms. The van der Waals surface area contributed by atoms with Gasteiger partial charge in [-0.3, -0.25) is 4.90 Å². The molecule has 0 saturated carbocycles. The Morgan fingerprint density at radius 1 is 1.07 bits per heavy atom. The van der Waals surface area contributed by atoms with E-state index in [1.54, 1.807) is 0 Å². The molecule has 5 heteroatoms. The first-order chi connectivity index (χ1) is 14.0. The summed E-state index contributed by atoms with van der Waals surface area (Å²) in [5, 5.41) is 3.71. The molecule has 2 aromatic carbocycles. The molecular formula is C24H32N2O3. The Labute approximate surface area is 174 Å². The van der Waals surface area contributed by atoms with Crippen molar-refractivity contribution >= 4 is 5.97 Å². The number of nitrogens with one attached hydrogen (secondary N) is 1. The van der Waals surface area contributed by atoms with Crippen molar-refractivity contribution in [2.75, 3.05) is 26.8 Å². The lowest BCUT2D eigenvalue weighted by atomic mass is 10.0. The van der Waals surface area contributed by atoms with Gasteiger partial charge in [0.25, 0.3) is 0 Å². The van der Waals surface area contributed by atoms with E-state index in [9.17, 15) is 4.79 Å². The number of ether oxygens (including phenoxy) is 2. The van der Waals surface area contributed by atoms with Crippen molar-refractivity contribution in [2.45, 2.75) is 45.8 Å². The van der Waals surface area contributed by atoms with Crippen molar-refractivity contribution in [2.24, 2.45) is 0 Å². The van der Waals surface area contributed by atoms with Crippen LogP contribution >= 0.6 is 0 Å². The van der Waals surface area contributed by atoms with Crippen molar-refractivity contribution in [3.63, 3.8) is 0 Å². The van der Waals surface area contributed by atoms with Crippen LogP contribution in [0.2, 0.25) is 0 Å². The minimum atomic E-state index is -0.367. The van der Waals surface area contributed by atoms with Crippen LogP contribution in [0.5, 0.6) is 5.75 Å². The van der Waals surface area contributed by atoms with Gasteiger partial charge in [0.1, 0.15) is 5.75 Å². The maximum absolute atomic E-state index is 11.3. The fourth-order valence-electron chi connectivity index (χ4n) is 3.96. The van der Waals surface area contributed by atoms with E-state index in [4.69, 9.17) is 4.74 Å². The van der Waals surface area contributed by atoms with Gasteiger partial charge in [0.05, 0.1) is 7.11 Å². The van der Waals surface area contributed by atoms with Gasteiger partial charge in [0.15, 0.2) is 6.61 Å². The molecule has 0 spiro atoms. The SMILES string of the molecule is COC(=O)COc1c(C)cc(CNC2CCN(Cc3ccccc3)CC2)cc1C. The highest BCUT2D eigenvalue weighted by Gasteiger charge is 2.19. The number of carbonyl (C=O) groups is 1. The molecule has 3 rings (SSSR count). The van der Waals surface area contributed by atoms with Crippen LogP contribution in [0.25, 0.3) is 0 Å². The molecular weight excluding hydrogens is 364 g/mol. The molecule has 1 aliphatic heterocycles. The lowest BCUT2D eigenvalue weighted by Gasteiger charge is -2.32. The van der Waals surface area contributed by atoms with Crippen LogP contribution in [-0.2, 0) is 22.6 Å². The first-order valence-electron chi connectivity index (χ1n) is 10.3. The number of nitrogens with zero attached hydrogens (tertiary/aromatic N) is 1. The Kier molecular flexibility index (Phi) is 7.67. The standard InChI is InChI=1S/C24H32N2O3/c1-18-13-21(14-19(2)24(18)29-17-23(27)28-3)15-25-22-9-11-26(12-10-22)16-20-7-5-4-6-8-20/h4-8,13-14,22,25H,9-12,15-17H2,1-3H3. The van der Waals surface area contributed by atoms with Crippen LogP contribution in [-0.4, -0.2) is 43.7 Å². The summed E-state index contributed by atoms with van der Waals surface area (Å²) >= 11 is 0. The summed E-state index contributed by atoms with van der Waals surface area (Å²) in [6.45, 7) is 8.13. The van der Waals surface area contributed by atoms with Crippen LogP contribution in [0.3, 0.4) is 0 Å². The summed E-state index contributed by atoms with van der Waals surface area (Å²) in [5.41, 5.74) is 4.73. The third-order valence-corrected chi connectivity index (χ3v) is 5.51. The number of methoxy groups -OCH3 is 1. The number of likely N-dealkylation sites (tertiary alicyclic amines) is 1. The van der Waals surface area contributed by atoms with E-state index in [1.807, 2.05) is 13.8 Å². The number of rotatable bonds is 8. The molecule has 1 N–H and O–H groups in total. The number of hydrogen-bond donors (Lipinski definition) is 1. The Hall–Kier alpha value is -2.37. The molecule has 5 nitrogen and oxygen atoms in total. The summed E-state index contributed by atoms with van der Waals surface area (Å²) in [4.78, 5) is 13.9. The average Bonchev–Trinajstić information content (AvgIpc) is 2.73. The molecule has 1 saturated heterocycles. The minimum Gasteiger partial charge on any atom is -0.481 e. The summed E-state index contributed by atoms with van der Waals surface area (Å²) in [7, 11) is 1.37. The monoisotopic (exact) mass is 396 g/mol. The zero-order chi connectivity index (χ0) is 20.6. The van der Waals surface area contributed by atoms with Crippen molar-refractivity contribution in [3.05, 3.63) is 64.7 Å². The highest BCUT2D eigenvalue weighted by Crippen LogP contribution is 2.25. The topological polar surface area (TPSA) is 50.8 Å². The predicted octanol–water partition coefficient (Wildman–Crippen LogP) is 3.61. The van der Waals surface area contributed by atoms with E-state index >= 15 is 0 Å². The van der Waals surface area contributed by atoms with Crippen molar-refractivity contribution in [1.82, 2.24) is 10.2 Å². The van der Waals surface area contributed by atoms with Gasteiger partial charge in [0, 0.05) is 19.1 Å². The van der Waals surface area contributed by atoms with Gasteiger partial charge < -0.3 is 14.8 Å². The Morgan fingerprint density at radius 3 is 2.34 bits per heavy atom. The summed E-state index contributed by atoms with van der Waals surface area (Å²) in [6.07, 6.45) is 2.34. The van der Waals surface area contributed by atoms with Gasteiger partial charge in [-0.05, 0) is 62.0 Å². The Balaban J connectivity index is 1.46. The Morgan fingerprint density at radius 2 is 1.72 bits per heavy atom. The largest absolute Gasteiger partial charge is 0.481 e. The van der Waals surface area contributed by atoms with Crippen molar-refractivity contribution in [3.8, 4) is 5.75 Å².